The van der Waals surface area contributed by atoms with Gasteiger partial charge >= 0.3 is 5.97 Å². The quantitative estimate of drug-likeness (QED) is 0.466. The lowest BCUT2D eigenvalue weighted by molar-refractivity contribution is -0.138. The van der Waals surface area contributed by atoms with Crippen LogP contribution in [0.2, 0.25) is 0 Å². The number of carbonyl (C=O) groups excluding carboxylic acids is 2. The summed E-state index contributed by atoms with van der Waals surface area (Å²) >= 11 is 3.04. The van der Waals surface area contributed by atoms with Crippen LogP contribution in [0.1, 0.15) is 28.6 Å². The van der Waals surface area contributed by atoms with Crippen LogP contribution in [0.5, 0.6) is 0 Å². The Morgan fingerprint density at radius 3 is 2.57 bits per heavy atom. The highest BCUT2D eigenvalue weighted by molar-refractivity contribution is 14.1. The van der Waals surface area contributed by atoms with Gasteiger partial charge in [0.1, 0.15) is 22.1 Å². The van der Waals surface area contributed by atoms with Gasteiger partial charge in [0.2, 0.25) is 0 Å². The van der Waals surface area contributed by atoms with Crippen LogP contribution in [0, 0.1) is 10.7 Å². The van der Waals surface area contributed by atoms with E-state index in [9.17, 15) is 14.7 Å². The van der Waals surface area contributed by atoms with Gasteiger partial charge in [0.05, 0.1) is 11.5 Å². The lowest BCUT2D eigenvalue weighted by atomic mass is 10.1. The summed E-state index contributed by atoms with van der Waals surface area (Å²) in [7, 11) is 0. The van der Waals surface area contributed by atoms with Crippen molar-refractivity contribution in [1.29, 1.82) is 0 Å². The SMILES string of the molecule is CCOC(=O)C1=C(O)/C(=C/c2ccc(I)o2)SC1=NC(=O)c1ccc(C)cc1. The van der Waals surface area contributed by atoms with E-state index in [2.05, 4.69) is 4.99 Å². The molecule has 2 aromatic rings. The molecule has 0 unspecified atom stereocenters. The summed E-state index contributed by atoms with van der Waals surface area (Å²) < 4.78 is 11.2. The molecular weight excluding hydrogens is 493 g/mol. The number of esters is 1. The number of amides is 1. The van der Waals surface area contributed by atoms with E-state index in [0.717, 1.165) is 17.3 Å². The average Bonchev–Trinajstić information content (AvgIpc) is 3.19. The Balaban J connectivity index is 1.99. The summed E-state index contributed by atoms with van der Waals surface area (Å²) in [5, 5.41) is 10.6. The zero-order valence-electron chi connectivity index (χ0n) is 15.1. The van der Waals surface area contributed by atoms with Crippen molar-refractivity contribution >= 4 is 57.3 Å². The summed E-state index contributed by atoms with van der Waals surface area (Å²) in [5.41, 5.74) is 1.28. The van der Waals surface area contributed by atoms with Crippen LogP contribution in [-0.2, 0) is 9.53 Å². The molecule has 1 aromatic heterocycles. The first kappa shape index (κ1) is 20.4. The van der Waals surface area contributed by atoms with Gasteiger partial charge in [0.25, 0.3) is 5.91 Å². The van der Waals surface area contributed by atoms with Crippen molar-refractivity contribution in [3.63, 3.8) is 0 Å². The van der Waals surface area contributed by atoms with Gasteiger partial charge in [-0.05, 0) is 66.8 Å². The van der Waals surface area contributed by atoms with Crippen LogP contribution in [0.15, 0.2) is 62.0 Å². The molecule has 8 heteroatoms. The molecule has 0 saturated heterocycles. The summed E-state index contributed by atoms with van der Waals surface area (Å²) in [4.78, 5) is 29.3. The molecule has 0 saturated carbocycles. The Morgan fingerprint density at radius 2 is 1.96 bits per heavy atom. The normalized spacial score (nSPS) is 16.8. The van der Waals surface area contributed by atoms with Gasteiger partial charge < -0.3 is 14.3 Å². The van der Waals surface area contributed by atoms with E-state index in [1.165, 1.54) is 0 Å². The maximum Gasteiger partial charge on any atom is 0.344 e. The Hall–Kier alpha value is -2.33. The van der Waals surface area contributed by atoms with Crippen LogP contribution in [0.4, 0.5) is 0 Å². The van der Waals surface area contributed by atoms with E-state index in [-0.39, 0.29) is 23.0 Å². The van der Waals surface area contributed by atoms with E-state index < -0.39 is 11.9 Å². The topological polar surface area (TPSA) is 89.1 Å². The van der Waals surface area contributed by atoms with Crippen molar-refractivity contribution in [2.75, 3.05) is 6.61 Å². The van der Waals surface area contributed by atoms with Crippen molar-refractivity contribution in [3.05, 3.63) is 73.3 Å². The number of aliphatic hydroxyl groups excluding tert-OH is 1. The van der Waals surface area contributed by atoms with Gasteiger partial charge in [-0.2, -0.15) is 0 Å². The van der Waals surface area contributed by atoms with Crippen molar-refractivity contribution in [2.45, 2.75) is 13.8 Å². The third-order valence-electron chi connectivity index (χ3n) is 3.74. The number of aryl methyl sites for hydroxylation is 1. The molecule has 144 valence electrons. The van der Waals surface area contributed by atoms with Crippen molar-refractivity contribution < 1.29 is 23.8 Å². The second kappa shape index (κ2) is 8.78. The number of rotatable bonds is 4. The first-order valence-electron chi connectivity index (χ1n) is 8.34. The molecule has 0 atom stereocenters. The predicted octanol–water partition coefficient (Wildman–Crippen LogP) is 4.89. The summed E-state index contributed by atoms with van der Waals surface area (Å²) in [6.07, 6.45) is 1.58. The van der Waals surface area contributed by atoms with E-state index in [1.54, 1.807) is 49.4 Å². The lowest BCUT2D eigenvalue weighted by Gasteiger charge is -2.03. The van der Waals surface area contributed by atoms with E-state index >= 15 is 0 Å². The fourth-order valence-corrected chi connectivity index (χ4v) is 3.81. The van der Waals surface area contributed by atoms with Crippen LogP contribution < -0.4 is 0 Å². The fraction of sp³-hybridized carbons (Fsp3) is 0.150. The number of aliphatic hydroxyl groups is 1. The van der Waals surface area contributed by atoms with E-state index in [0.29, 0.717) is 20.0 Å². The second-order valence-corrected chi connectivity index (χ2v) is 7.88. The van der Waals surface area contributed by atoms with Gasteiger partial charge in [-0.1, -0.05) is 29.5 Å². The minimum absolute atomic E-state index is 0.0917. The monoisotopic (exact) mass is 509 g/mol. The minimum Gasteiger partial charge on any atom is -0.506 e. The van der Waals surface area contributed by atoms with Gasteiger partial charge in [0, 0.05) is 5.56 Å². The molecule has 0 fully saturated rings. The summed E-state index contributed by atoms with van der Waals surface area (Å²) in [6, 6.07) is 10.4. The zero-order valence-corrected chi connectivity index (χ0v) is 18.0. The highest BCUT2D eigenvalue weighted by atomic mass is 127. The number of hydrogen-bond acceptors (Lipinski definition) is 6. The molecular formula is C20H16INO5S. The maximum absolute atomic E-state index is 12.5. The molecule has 6 nitrogen and oxygen atoms in total. The molecule has 1 amide bonds. The van der Waals surface area contributed by atoms with E-state index in [1.807, 2.05) is 29.5 Å². The number of nitrogens with zero attached hydrogens (tertiary/aromatic N) is 1. The van der Waals surface area contributed by atoms with Crippen molar-refractivity contribution in [2.24, 2.45) is 4.99 Å². The minimum atomic E-state index is -0.736. The fourth-order valence-electron chi connectivity index (χ4n) is 2.38. The van der Waals surface area contributed by atoms with E-state index in [4.69, 9.17) is 9.15 Å². The maximum atomic E-state index is 12.5. The van der Waals surface area contributed by atoms with Gasteiger partial charge in [-0.3, -0.25) is 4.79 Å². The molecule has 28 heavy (non-hydrogen) atoms. The molecule has 1 aromatic carbocycles. The van der Waals surface area contributed by atoms with Crippen LogP contribution in [0.25, 0.3) is 6.08 Å². The average molecular weight is 509 g/mol. The van der Waals surface area contributed by atoms with Gasteiger partial charge in [0.15, 0.2) is 3.77 Å². The standard InChI is InChI=1S/C20H16INO5S/c1-3-26-20(25)16-17(23)14(10-13-8-9-15(21)27-13)28-19(16)22-18(24)12-6-4-11(2)5-7-12/h4-10,23H,3H2,1-2H3/b14-10-,22-19?. The molecule has 0 spiro atoms. The third kappa shape index (κ3) is 4.56. The zero-order chi connectivity index (χ0) is 20.3. The molecule has 2 heterocycles. The number of halogens is 1. The largest absolute Gasteiger partial charge is 0.506 e. The molecule has 0 radical (unpaired) electrons. The van der Waals surface area contributed by atoms with Crippen LogP contribution in [0.3, 0.4) is 0 Å². The first-order chi connectivity index (χ1) is 13.4. The number of carbonyl (C=O) groups is 2. The summed E-state index contributed by atoms with van der Waals surface area (Å²) in [5.74, 6) is -1.02. The number of hydrogen-bond donors (Lipinski definition) is 1. The third-order valence-corrected chi connectivity index (χ3v) is 5.34. The number of benzene rings is 1. The van der Waals surface area contributed by atoms with Crippen molar-refractivity contribution in [3.8, 4) is 0 Å². The highest BCUT2D eigenvalue weighted by Crippen LogP contribution is 2.39. The van der Waals surface area contributed by atoms with Gasteiger partial charge in [-0.25, -0.2) is 9.79 Å². The van der Waals surface area contributed by atoms with Crippen LogP contribution in [-0.4, -0.2) is 28.6 Å². The highest BCUT2D eigenvalue weighted by Gasteiger charge is 2.34. The lowest BCUT2D eigenvalue weighted by Crippen LogP contribution is -2.14. The Kier molecular flexibility index (Phi) is 6.40. The number of furan rings is 1. The number of aliphatic imine (C=N–C) groups is 1. The molecule has 0 aliphatic carbocycles. The molecule has 1 N–H and O–H groups in total. The number of thioether (sulfide) groups is 1. The first-order valence-corrected chi connectivity index (χ1v) is 10.2. The molecule has 3 rings (SSSR count). The van der Waals surface area contributed by atoms with Crippen LogP contribution >= 0.6 is 34.4 Å². The molecule has 0 bridgehead atoms. The Morgan fingerprint density at radius 1 is 1.25 bits per heavy atom. The Bertz CT molecular complexity index is 1020. The van der Waals surface area contributed by atoms with Gasteiger partial charge in [-0.15, -0.1) is 0 Å². The summed E-state index contributed by atoms with van der Waals surface area (Å²) in [6.45, 7) is 3.71. The molecule has 1 aliphatic heterocycles. The predicted molar refractivity (Wildman–Crippen MR) is 116 cm³/mol. The molecule has 1 aliphatic rings. The van der Waals surface area contributed by atoms with Crippen molar-refractivity contribution in [1.82, 2.24) is 0 Å². The number of ether oxygens (including phenoxy) is 1. The smallest absolute Gasteiger partial charge is 0.344 e. The Labute approximate surface area is 179 Å². The second-order valence-electron chi connectivity index (χ2n) is 5.78.